The van der Waals surface area contributed by atoms with Crippen molar-refractivity contribution in [2.45, 2.75) is 50.9 Å². The smallest absolute Gasteiger partial charge is 0.0521 e. The molecule has 1 aliphatic rings. The van der Waals surface area contributed by atoms with Gasteiger partial charge in [0.25, 0.3) is 0 Å². The molecule has 0 aromatic heterocycles. The highest BCUT2D eigenvalue weighted by molar-refractivity contribution is 5.28. The van der Waals surface area contributed by atoms with E-state index in [-0.39, 0.29) is 19.1 Å². The van der Waals surface area contributed by atoms with Gasteiger partial charge in [-0.2, -0.15) is 0 Å². The van der Waals surface area contributed by atoms with Crippen molar-refractivity contribution in [2.24, 2.45) is 5.92 Å². The number of aliphatic hydroxyl groups excluding tert-OH is 2. The van der Waals surface area contributed by atoms with Crippen molar-refractivity contribution < 1.29 is 10.2 Å². The Hall–Kier alpha value is -0.860. The molecule has 0 heterocycles. The molecule has 1 aliphatic carbocycles. The minimum atomic E-state index is -0.134. The van der Waals surface area contributed by atoms with Gasteiger partial charge in [0.15, 0.2) is 0 Å². The Balaban J connectivity index is 1.99. The van der Waals surface area contributed by atoms with Gasteiger partial charge in [-0.25, -0.2) is 0 Å². The quantitative estimate of drug-likeness (QED) is 0.853. The summed E-state index contributed by atoms with van der Waals surface area (Å²) in [4.78, 5) is 0. The minimum Gasteiger partial charge on any atom is -0.396 e. The molecule has 2 heteroatoms. The largest absolute Gasteiger partial charge is 0.396 e. The fourth-order valence-electron chi connectivity index (χ4n) is 3.21. The normalized spacial score (nSPS) is 23.8. The standard InChI is InChI=1S/C17H26O2/c1-2-13-3-5-14(6-4-13)15-7-9-16(10-8-15)17(11-18)12-19/h7-10,13-14,17-19H,2-6,11-12H2,1H3. The number of hydrogen-bond donors (Lipinski definition) is 2. The van der Waals surface area contributed by atoms with E-state index in [4.69, 9.17) is 0 Å². The molecule has 0 bridgehead atoms. The predicted octanol–water partition coefficient (Wildman–Crippen LogP) is 3.44. The molecule has 0 saturated heterocycles. The summed E-state index contributed by atoms with van der Waals surface area (Å²) < 4.78 is 0. The second-order valence-electron chi connectivity index (χ2n) is 5.85. The van der Waals surface area contributed by atoms with Crippen LogP contribution in [0.3, 0.4) is 0 Å². The number of hydrogen-bond acceptors (Lipinski definition) is 2. The second-order valence-corrected chi connectivity index (χ2v) is 5.85. The summed E-state index contributed by atoms with van der Waals surface area (Å²) in [6.07, 6.45) is 6.65. The van der Waals surface area contributed by atoms with Crippen LogP contribution in [0.1, 0.15) is 62.0 Å². The highest BCUT2D eigenvalue weighted by atomic mass is 16.3. The van der Waals surface area contributed by atoms with Crippen LogP contribution in [0.4, 0.5) is 0 Å². The van der Waals surface area contributed by atoms with Crippen LogP contribution in [0.15, 0.2) is 24.3 Å². The van der Waals surface area contributed by atoms with Crippen LogP contribution in [0, 0.1) is 5.92 Å². The van der Waals surface area contributed by atoms with Crippen molar-refractivity contribution >= 4 is 0 Å². The summed E-state index contributed by atoms with van der Waals surface area (Å²) in [5.74, 6) is 1.51. The average Bonchev–Trinajstić information content (AvgIpc) is 2.49. The highest BCUT2D eigenvalue weighted by Crippen LogP contribution is 2.37. The molecular formula is C17H26O2. The zero-order valence-corrected chi connectivity index (χ0v) is 11.9. The topological polar surface area (TPSA) is 40.5 Å². The first-order chi connectivity index (χ1) is 9.28. The summed E-state index contributed by atoms with van der Waals surface area (Å²) >= 11 is 0. The molecule has 19 heavy (non-hydrogen) atoms. The van der Waals surface area contributed by atoms with Crippen LogP contribution in [0.2, 0.25) is 0 Å². The van der Waals surface area contributed by atoms with E-state index in [9.17, 15) is 10.2 Å². The molecule has 2 nitrogen and oxygen atoms in total. The first-order valence-corrected chi connectivity index (χ1v) is 7.60. The van der Waals surface area contributed by atoms with E-state index >= 15 is 0 Å². The van der Waals surface area contributed by atoms with Gasteiger partial charge in [-0.1, -0.05) is 37.6 Å². The van der Waals surface area contributed by atoms with Crippen molar-refractivity contribution in [3.63, 3.8) is 0 Å². The van der Waals surface area contributed by atoms with Crippen LogP contribution in [0.25, 0.3) is 0 Å². The van der Waals surface area contributed by atoms with Crippen molar-refractivity contribution in [3.05, 3.63) is 35.4 Å². The van der Waals surface area contributed by atoms with Gasteiger partial charge in [0.1, 0.15) is 0 Å². The molecule has 1 aromatic rings. The van der Waals surface area contributed by atoms with Crippen molar-refractivity contribution in [2.75, 3.05) is 13.2 Å². The molecule has 0 spiro atoms. The lowest BCUT2D eigenvalue weighted by molar-refractivity contribution is 0.192. The first-order valence-electron chi connectivity index (χ1n) is 7.60. The Morgan fingerprint density at radius 2 is 1.58 bits per heavy atom. The Morgan fingerprint density at radius 3 is 2.05 bits per heavy atom. The molecule has 0 aliphatic heterocycles. The maximum Gasteiger partial charge on any atom is 0.0521 e. The SMILES string of the molecule is CCC1CCC(c2ccc(C(CO)CO)cc2)CC1. The molecular weight excluding hydrogens is 236 g/mol. The van der Waals surface area contributed by atoms with Gasteiger partial charge in [0.05, 0.1) is 13.2 Å². The lowest BCUT2D eigenvalue weighted by Crippen LogP contribution is -2.13. The second kappa shape index (κ2) is 7.06. The fraction of sp³-hybridized carbons (Fsp3) is 0.647. The number of benzene rings is 1. The van der Waals surface area contributed by atoms with E-state index in [2.05, 4.69) is 31.2 Å². The van der Waals surface area contributed by atoms with E-state index in [1.54, 1.807) is 0 Å². The van der Waals surface area contributed by atoms with E-state index in [1.165, 1.54) is 37.7 Å². The molecule has 1 saturated carbocycles. The maximum atomic E-state index is 9.19. The zero-order chi connectivity index (χ0) is 13.7. The average molecular weight is 262 g/mol. The summed E-state index contributed by atoms with van der Waals surface area (Å²) in [6, 6.07) is 8.51. The first kappa shape index (κ1) is 14.5. The van der Waals surface area contributed by atoms with E-state index in [1.807, 2.05) is 0 Å². The Morgan fingerprint density at radius 1 is 1.00 bits per heavy atom. The van der Waals surface area contributed by atoms with E-state index in [0.29, 0.717) is 5.92 Å². The van der Waals surface area contributed by atoms with Crippen LogP contribution < -0.4 is 0 Å². The molecule has 0 atom stereocenters. The van der Waals surface area contributed by atoms with Gasteiger partial charge in [-0.15, -0.1) is 0 Å². The van der Waals surface area contributed by atoms with Gasteiger partial charge in [0.2, 0.25) is 0 Å². The molecule has 2 N–H and O–H groups in total. The van der Waals surface area contributed by atoms with E-state index in [0.717, 1.165) is 11.5 Å². The van der Waals surface area contributed by atoms with Gasteiger partial charge in [0, 0.05) is 5.92 Å². The van der Waals surface area contributed by atoms with E-state index < -0.39 is 0 Å². The molecule has 1 aromatic carbocycles. The molecule has 106 valence electrons. The lowest BCUT2D eigenvalue weighted by atomic mass is 9.77. The van der Waals surface area contributed by atoms with Gasteiger partial charge < -0.3 is 10.2 Å². The molecule has 0 radical (unpaired) electrons. The Labute approximate surface area is 116 Å². The van der Waals surface area contributed by atoms with Crippen molar-refractivity contribution in [1.82, 2.24) is 0 Å². The van der Waals surface area contributed by atoms with Crippen LogP contribution in [-0.4, -0.2) is 23.4 Å². The summed E-state index contributed by atoms with van der Waals surface area (Å²) in [5, 5.41) is 18.4. The van der Waals surface area contributed by atoms with Crippen LogP contribution >= 0.6 is 0 Å². The van der Waals surface area contributed by atoms with Crippen LogP contribution in [-0.2, 0) is 0 Å². The highest BCUT2D eigenvalue weighted by Gasteiger charge is 2.21. The van der Waals surface area contributed by atoms with Gasteiger partial charge in [-0.3, -0.25) is 0 Å². The maximum absolute atomic E-state index is 9.19. The zero-order valence-electron chi connectivity index (χ0n) is 11.9. The molecule has 0 unspecified atom stereocenters. The third-order valence-electron chi connectivity index (χ3n) is 4.74. The summed E-state index contributed by atoms with van der Waals surface area (Å²) in [5.41, 5.74) is 2.46. The number of aliphatic hydroxyl groups is 2. The molecule has 1 fully saturated rings. The van der Waals surface area contributed by atoms with Crippen LogP contribution in [0.5, 0.6) is 0 Å². The third-order valence-corrected chi connectivity index (χ3v) is 4.74. The van der Waals surface area contributed by atoms with Gasteiger partial charge in [-0.05, 0) is 48.6 Å². The van der Waals surface area contributed by atoms with Crippen molar-refractivity contribution in [1.29, 1.82) is 0 Å². The Kier molecular flexibility index (Phi) is 5.41. The predicted molar refractivity (Wildman–Crippen MR) is 78.3 cm³/mol. The molecule has 0 amide bonds. The third kappa shape index (κ3) is 3.58. The fourth-order valence-corrected chi connectivity index (χ4v) is 3.21. The number of rotatable bonds is 5. The lowest BCUT2D eigenvalue weighted by Gasteiger charge is -2.28. The summed E-state index contributed by atoms with van der Waals surface area (Å²) in [7, 11) is 0. The summed E-state index contributed by atoms with van der Waals surface area (Å²) in [6.45, 7) is 2.32. The Bertz CT molecular complexity index is 359. The van der Waals surface area contributed by atoms with Gasteiger partial charge >= 0.3 is 0 Å². The monoisotopic (exact) mass is 262 g/mol. The minimum absolute atomic E-state index is 0.0114. The van der Waals surface area contributed by atoms with Crippen molar-refractivity contribution in [3.8, 4) is 0 Å². The molecule has 2 rings (SSSR count).